The smallest absolute Gasteiger partial charge is 0.326 e. The van der Waals surface area contributed by atoms with E-state index in [1.807, 2.05) is 0 Å². The molecular weight excluding hydrogens is 831 g/mol. The topological polar surface area (TPSA) is 64.9 Å². The fourth-order valence-electron chi connectivity index (χ4n) is 7.16. The second-order valence-electron chi connectivity index (χ2n) is 12.5. The summed E-state index contributed by atoms with van der Waals surface area (Å²) in [6, 6.07) is 35.1. The van der Waals surface area contributed by atoms with Gasteiger partial charge in [0, 0.05) is 45.5 Å². The second-order valence-corrected chi connectivity index (χ2v) is 16.2. The van der Waals surface area contributed by atoms with Crippen LogP contribution >= 0.6 is 24.8 Å². The summed E-state index contributed by atoms with van der Waals surface area (Å²) in [5.41, 5.74) is 14.5. The van der Waals surface area contributed by atoms with Crippen LogP contribution in [0.5, 0.6) is 0 Å². The Balaban J connectivity index is 0.000000287. The molecule has 2 N–H and O–H groups in total. The number of guanidine groups is 1. The summed E-state index contributed by atoms with van der Waals surface area (Å²) in [7, 11) is 0. The van der Waals surface area contributed by atoms with Crippen molar-refractivity contribution in [3.8, 4) is 22.3 Å². The fraction of sp³-hybridized carbons (Fsp3) is 0.250. The molecule has 5 nitrogen and oxygen atoms in total. The zero-order valence-corrected chi connectivity index (χ0v) is 35.2. The van der Waals surface area contributed by atoms with Gasteiger partial charge in [-0.1, -0.05) is 0 Å². The molecule has 4 aromatic rings. The number of aliphatic carboxylic acids is 1. The standard InChI is InChI=1S/2C16H13.C8H13N3O2.2ClH.In.Zr/c2*1-12-10-14-8-5-9-15(16(14)11-12)13-6-3-2-4-7-13;12-7(13)6-2-5-11-4-1-3-9-8(11)10-6;;;;/h2*2-11H,1H3;6H,1-5H2,(H,9,10)(H,12,13);2*1H;;. The summed E-state index contributed by atoms with van der Waals surface area (Å²) in [5, 5.41) is 11.7. The number of aliphatic imine (C=N–C) groups is 1. The van der Waals surface area contributed by atoms with Crippen molar-refractivity contribution >= 4 is 74.7 Å². The van der Waals surface area contributed by atoms with Crippen molar-refractivity contribution in [1.29, 1.82) is 0 Å². The van der Waals surface area contributed by atoms with Gasteiger partial charge in [0.1, 0.15) is 6.04 Å². The van der Waals surface area contributed by atoms with Crippen molar-refractivity contribution in [3.63, 3.8) is 0 Å². The van der Waals surface area contributed by atoms with E-state index in [4.69, 9.17) is 5.11 Å². The van der Waals surface area contributed by atoms with Gasteiger partial charge in [0.05, 0.1) is 0 Å². The summed E-state index contributed by atoms with van der Waals surface area (Å²) >= 11 is -0.835. The Hall–Kier alpha value is -2.57. The first-order chi connectivity index (χ1) is 22.5. The van der Waals surface area contributed by atoms with E-state index in [-0.39, 0.29) is 50.7 Å². The molecule has 0 amide bonds. The molecule has 4 aromatic carbocycles. The van der Waals surface area contributed by atoms with Gasteiger partial charge in [-0.2, -0.15) is 0 Å². The van der Waals surface area contributed by atoms with Crippen LogP contribution < -0.4 is 5.32 Å². The van der Waals surface area contributed by atoms with Crippen molar-refractivity contribution in [2.75, 3.05) is 19.6 Å². The van der Waals surface area contributed by atoms with E-state index in [1.165, 1.54) is 33.4 Å². The van der Waals surface area contributed by atoms with Gasteiger partial charge < -0.3 is 15.3 Å². The molecule has 8 rings (SSSR count). The van der Waals surface area contributed by atoms with Crippen molar-refractivity contribution < 1.29 is 33.1 Å². The predicted molar refractivity (Wildman–Crippen MR) is 204 cm³/mol. The summed E-state index contributed by atoms with van der Waals surface area (Å²) in [5.74, 6) is -0.0159. The van der Waals surface area contributed by atoms with Gasteiger partial charge in [-0.25, -0.2) is 4.79 Å². The van der Waals surface area contributed by atoms with Crippen molar-refractivity contribution in [2.24, 2.45) is 4.99 Å². The van der Waals surface area contributed by atoms with E-state index in [0.29, 0.717) is 13.7 Å². The third kappa shape index (κ3) is 8.33. The van der Waals surface area contributed by atoms with Crippen LogP contribution in [-0.2, 0) is 28.0 Å². The zero-order valence-electron chi connectivity index (χ0n) is 27.8. The number of hydrogen-bond donors (Lipinski definition) is 2. The number of carboxylic acid groups (broad SMARTS) is 1. The number of fused-ring (bicyclic) bond motifs is 3. The largest absolute Gasteiger partial charge is 0.480 e. The molecular formula is C40H41Cl2InN3O2Zr. The summed E-state index contributed by atoms with van der Waals surface area (Å²) in [6.45, 7) is 7.33. The van der Waals surface area contributed by atoms with Crippen LogP contribution in [0.15, 0.2) is 113 Å². The third-order valence-electron chi connectivity index (χ3n) is 9.50. The minimum absolute atomic E-state index is 0. The molecule has 2 aliphatic carbocycles. The van der Waals surface area contributed by atoms with E-state index < -0.39 is 35.2 Å². The number of hydrogen-bond acceptors (Lipinski definition) is 4. The Morgan fingerprint density at radius 3 is 1.76 bits per heavy atom. The molecule has 1 saturated heterocycles. The number of rotatable bonds is 5. The first kappa shape index (κ1) is 39.2. The summed E-state index contributed by atoms with van der Waals surface area (Å²) < 4.78 is 1.26. The van der Waals surface area contributed by atoms with Crippen LogP contribution in [0.25, 0.3) is 34.4 Å². The number of allylic oxidation sites excluding steroid dienone is 2. The van der Waals surface area contributed by atoms with Gasteiger partial charge in [-0.15, -0.1) is 24.8 Å². The van der Waals surface area contributed by atoms with Gasteiger partial charge in [0.25, 0.3) is 0 Å². The molecule has 49 heavy (non-hydrogen) atoms. The number of carboxylic acids is 1. The number of carbonyl (C=O) groups is 1. The molecule has 4 aliphatic rings. The molecule has 3 unspecified atom stereocenters. The predicted octanol–water partition coefficient (Wildman–Crippen LogP) is 8.68. The van der Waals surface area contributed by atoms with E-state index in [9.17, 15) is 4.79 Å². The first-order valence-corrected chi connectivity index (χ1v) is 19.1. The molecule has 9 heteroatoms. The number of halogens is 2. The molecule has 1 fully saturated rings. The minimum Gasteiger partial charge on any atom is -0.480 e. The van der Waals surface area contributed by atoms with Gasteiger partial charge in [0.15, 0.2) is 5.96 Å². The van der Waals surface area contributed by atoms with Gasteiger partial charge >= 0.3 is 215 Å². The molecule has 2 aliphatic heterocycles. The Labute approximate surface area is 332 Å². The number of benzene rings is 4. The van der Waals surface area contributed by atoms with Crippen molar-refractivity contribution in [2.45, 2.75) is 40.0 Å². The van der Waals surface area contributed by atoms with E-state index in [0.717, 1.165) is 32.0 Å². The maximum absolute atomic E-state index is 10.7. The maximum Gasteiger partial charge on any atom is 0.326 e. The SMILES string of the molecule is CC1=Cc2c(-c3ccccc3)cccc2[CH]1[Zr][CH]1C(C)=Cc2c(-c3ccccc3)cccc21.Cl.Cl.O=C(O)C1CCN2CCCN=C2N1.[In]. The van der Waals surface area contributed by atoms with Crippen LogP contribution in [-0.4, -0.2) is 73.5 Å². The zero-order chi connectivity index (χ0) is 31.6. The van der Waals surface area contributed by atoms with E-state index >= 15 is 0 Å². The van der Waals surface area contributed by atoms with Crippen LogP contribution in [0, 0.1) is 0 Å². The van der Waals surface area contributed by atoms with Crippen molar-refractivity contribution in [3.05, 3.63) is 130 Å². The molecule has 3 atom stereocenters. The van der Waals surface area contributed by atoms with Crippen LogP contribution in [0.1, 0.15) is 56.2 Å². The first-order valence-electron chi connectivity index (χ1n) is 16.3. The Bertz CT molecular complexity index is 1760. The second kappa shape index (κ2) is 17.6. The minimum atomic E-state index is -0.835. The average Bonchev–Trinajstić information content (AvgIpc) is 3.60. The molecule has 249 valence electrons. The molecule has 0 saturated carbocycles. The monoisotopic (exact) mass is 870 g/mol. The normalized spacial score (nSPS) is 19.6. The Kier molecular flexibility index (Phi) is 14.1. The quantitative estimate of drug-likeness (QED) is 0.211. The van der Waals surface area contributed by atoms with Crippen LogP contribution in [0.4, 0.5) is 0 Å². The molecule has 0 spiro atoms. The molecule has 0 bridgehead atoms. The summed E-state index contributed by atoms with van der Waals surface area (Å²) in [6.07, 6.45) is 6.67. The van der Waals surface area contributed by atoms with Gasteiger partial charge in [-0.05, 0) is 12.8 Å². The Morgan fingerprint density at radius 1 is 0.755 bits per heavy atom. The van der Waals surface area contributed by atoms with Crippen LogP contribution in [0.3, 0.4) is 0 Å². The third-order valence-corrected chi connectivity index (χ3v) is 14.9. The molecule has 3 radical (unpaired) electrons. The number of nitrogens with one attached hydrogen (secondary N) is 1. The van der Waals surface area contributed by atoms with Gasteiger partial charge in [0.2, 0.25) is 0 Å². The van der Waals surface area contributed by atoms with E-state index in [1.54, 1.807) is 22.3 Å². The maximum atomic E-state index is 10.7. The average molecular weight is 873 g/mol. The molecule has 2 heterocycles. The molecule has 0 aromatic heterocycles. The summed E-state index contributed by atoms with van der Waals surface area (Å²) in [4.78, 5) is 17.1. The van der Waals surface area contributed by atoms with E-state index in [2.05, 4.69) is 138 Å². The Morgan fingerprint density at radius 2 is 1.27 bits per heavy atom. The van der Waals surface area contributed by atoms with Gasteiger partial charge in [-0.3, -0.25) is 4.99 Å². The number of nitrogens with zero attached hydrogens (tertiary/aromatic N) is 2. The van der Waals surface area contributed by atoms with Crippen molar-refractivity contribution in [1.82, 2.24) is 10.2 Å². The fourth-order valence-corrected chi connectivity index (χ4v) is 11.8. The van der Waals surface area contributed by atoms with Crippen LogP contribution in [0.2, 0.25) is 0 Å².